The number of hydrogen-bond acceptors (Lipinski definition) is 3. The molecule has 2 aromatic rings. The second-order valence-electron chi connectivity index (χ2n) is 4.61. The Labute approximate surface area is 108 Å². The predicted molar refractivity (Wildman–Crippen MR) is 73.0 cm³/mol. The Balaban J connectivity index is 2.28. The monoisotopic (exact) mass is 244 g/mol. The molecule has 2 N–H and O–H groups in total. The lowest BCUT2D eigenvalue weighted by Gasteiger charge is -2.08. The Kier molecular flexibility index (Phi) is 3.77. The van der Waals surface area contributed by atoms with Gasteiger partial charge in [-0.15, -0.1) is 0 Å². The van der Waals surface area contributed by atoms with Crippen LogP contribution in [0, 0.1) is 0 Å². The quantitative estimate of drug-likeness (QED) is 0.898. The summed E-state index contributed by atoms with van der Waals surface area (Å²) in [7, 11) is 1.87. The molecule has 96 valence electrons. The highest BCUT2D eigenvalue weighted by molar-refractivity contribution is 5.55. The van der Waals surface area contributed by atoms with E-state index in [4.69, 9.17) is 5.73 Å². The van der Waals surface area contributed by atoms with Crippen LogP contribution in [0.4, 0.5) is 0 Å². The van der Waals surface area contributed by atoms with E-state index in [2.05, 4.69) is 48.2 Å². The minimum atomic E-state index is 0.411. The standard InChI is InChI=1S/C14H20N4/c1-4-10(2)11-5-7-12(8-6-11)14-16-13(9-15)18(3)17-14/h5-8,10H,4,9,15H2,1-3H3. The van der Waals surface area contributed by atoms with Gasteiger partial charge in [-0.2, -0.15) is 5.10 Å². The van der Waals surface area contributed by atoms with Crippen molar-refractivity contribution >= 4 is 0 Å². The van der Waals surface area contributed by atoms with Crippen molar-refractivity contribution in [2.75, 3.05) is 0 Å². The first-order chi connectivity index (χ1) is 8.65. The van der Waals surface area contributed by atoms with Crippen LogP contribution in [-0.4, -0.2) is 14.8 Å². The fourth-order valence-corrected chi connectivity index (χ4v) is 1.91. The van der Waals surface area contributed by atoms with Gasteiger partial charge in [-0.25, -0.2) is 4.98 Å². The van der Waals surface area contributed by atoms with Crippen molar-refractivity contribution in [3.63, 3.8) is 0 Å². The second kappa shape index (κ2) is 5.31. The summed E-state index contributed by atoms with van der Waals surface area (Å²) in [5.41, 5.74) is 8.00. The summed E-state index contributed by atoms with van der Waals surface area (Å²) in [5, 5.41) is 4.37. The molecule has 0 bridgehead atoms. The smallest absolute Gasteiger partial charge is 0.181 e. The van der Waals surface area contributed by atoms with Crippen LogP contribution in [0.15, 0.2) is 24.3 Å². The zero-order valence-electron chi connectivity index (χ0n) is 11.2. The molecule has 4 heteroatoms. The Hall–Kier alpha value is -1.68. The van der Waals surface area contributed by atoms with Gasteiger partial charge in [-0.1, -0.05) is 38.1 Å². The molecule has 0 fully saturated rings. The molecular weight excluding hydrogens is 224 g/mol. The average molecular weight is 244 g/mol. The van der Waals surface area contributed by atoms with Crippen molar-refractivity contribution in [1.29, 1.82) is 0 Å². The molecule has 1 aromatic carbocycles. The SMILES string of the molecule is CCC(C)c1ccc(-c2nc(CN)n(C)n2)cc1. The van der Waals surface area contributed by atoms with Crippen molar-refractivity contribution in [2.45, 2.75) is 32.7 Å². The largest absolute Gasteiger partial charge is 0.324 e. The summed E-state index contributed by atoms with van der Waals surface area (Å²) in [6, 6.07) is 8.47. The molecule has 1 heterocycles. The van der Waals surface area contributed by atoms with Gasteiger partial charge in [0, 0.05) is 12.6 Å². The Morgan fingerprint density at radius 2 is 1.94 bits per heavy atom. The van der Waals surface area contributed by atoms with Crippen LogP contribution in [0.1, 0.15) is 37.6 Å². The highest BCUT2D eigenvalue weighted by Crippen LogP contribution is 2.22. The van der Waals surface area contributed by atoms with Crippen molar-refractivity contribution in [3.05, 3.63) is 35.7 Å². The molecule has 0 saturated heterocycles. The number of hydrogen-bond donors (Lipinski definition) is 1. The van der Waals surface area contributed by atoms with E-state index in [0.717, 1.165) is 23.6 Å². The number of benzene rings is 1. The van der Waals surface area contributed by atoms with Gasteiger partial charge in [-0.05, 0) is 17.9 Å². The van der Waals surface area contributed by atoms with Gasteiger partial charge in [-0.3, -0.25) is 4.68 Å². The zero-order valence-corrected chi connectivity index (χ0v) is 11.2. The van der Waals surface area contributed by atoms with Crippen molar-refractivity contribution in [2.24, 2.45) is 12.8 Å². The maximum absolute atomic E-state index is 5.60. The fourth-order valence-electron chi connectivity index (χ4n) is 1.91. The zero-order chi connectivity index (χ0) is 13.1. The summed E-state index contributed by atoms with van der Waals surface area (Å²) in [6.45, 7) is 4.85. The van der Waals surface area contributed by atoms with Crippen LogP contribution in [0.25, 0.3) is 11.4 Å². The summed E-state index contributed by atoms with van der Waals surface area (Å²) >= 11 is 0. The summed E-state index contributed by atoms with van der Waals surface area (Å²) in [5.74, 6) is 2.14. The van der Waals surface area contributed by atoms with E-state index in [9.17, 15) is 0 Å². The number of nitrogens with zero attached hydrogens (tertiary/aromatic N) is 3. The minimum absolute atomic E-state index is 0.411. The maximum atomic E-state index is 5.60. The van der Waals surface area contributed by atoms with Gasteiger partial charge in [0.05, 0.1) is 6.54 Å². The third-order valence-electron chi connectivity index (χ3n) is 3.39. The van der Waals surface area contributed by atoms with E-state index in [1.54, 1.807) is 4.68 Å². The lowest BCUT2D eigenvalue weighted by atomic mass is 9.97. The van der Waals surface area contributed by atoms with Crippen LogP contribution < -0.4 is 5.73 Å². The fraction of sp³-hybridized carbons (Fsp3) is 0.429. The van der Waals surface area contributed by atoms with Crippen molar-refractivity contribution < 1.29 is 0 Å². The molecule has 1 aromatic heterocycles. The topological polar surface area (TPSA) is 56.7 Å². The normalized spacial score (nSPS) is 12.7. The lowest BCUT2D eigenvalue weighted by molar-refractivity contribution is 0.703. The van der Waals surface area contributed by atoms with E-state index in [-0.39, 0.29) is 0 Å². The highest BCUT2D eigenvalue weighted by atomic mass is 15.3. The van der Waals surface area contributed by atoms with E-state index >= 15 is 0 Å². The molecule has 1 unspecified atom stereocenters. The molecule has 0 spiro atoms. The van der Waals surface area contributed by atoms with Crippen LogP contribution in [-0.2, 0) is 13.6 Å². The van der Waals surface area contributed by atoms with Crippen molar-refractivity contribution in [1.82, 2.24) is 14.8 Å². The maximum Gasteiger partial charge on any atom is 0.181 e. The van der Waals surface area contributed by atoms with Gasteiger partial charge in [0.2, 0.25) is 0 Å². The molecule has 1 atom stereocenters. The Bertz CT molecular complexity index is 513. The molecule has 0 amide bonds. The summed E-state index contributed by atoms with van der Waals surface area (Å²) < 4.78 is 1.73. The molecule has 0 aliphatic carbocycles. The minimum Gasteiger partial charge on any atom is -0.324 e. The van der Waals surface area contributed by atoms with Gasteiger partial charge < -0.3 is 5.73 Å². The molecular formula is C14H20N4. The van der Waals surface area contributed by atoms with Gasteiger partial charge in [0.1, 0.15) is 5.82 Å². The Morgan fingerprint density at radius 3 is 2.44 bits per heavy atom. The van der Waals surface area contributed by atoms with Gasteiger partial charge >= 0.3 is 0 Å². The van der Waals surface area contributed by atoms with Crippen LogP contribution in [0.5, 0.6) is 0 Å². The number of nitrogens with two attached hydrogens (primary N) is 1. The molecule has 2 rings (SSSR count). The molecule has 0 aliphatic heterocycles. The third-order valence-corrected chi connectivity index (χ3v) is 3.39. The van der Waals surface area contributed by atoms with E-state index in [1.165, 1.54) is 5.56 Å². The first-order valence-electron chi connectivity index (χ1n) is 6.36. The summed E-state index contributed by atoms with van der Waals surface area (Å²) in [6.07, 6.45) is 1.15. The van der Waals surface area contributed by atoms with Crippen molar-refractivity contribution in [3.8, 4) is 11.4 Å². The van der Waals surface area contributed by atoms with Crippen LogP contribution >= 0.6 is 0 Å². The molecule has 0 radical (unpaired) electrons. The first kappa shape index (κ1) is 12.8. The molecule has 0 saturated carbocycles. The Morgan fingerprint density at radius 1 is 1.28 bits per heavy atom. The molecule has 0 aliphatic rings. The van der Waals surface area contributed by atoms with Crippen LogP contribution in [0.2, 0.25) is 0 Å². The highest BCUT2D eigenvalue weighted by Gasteiger charge is 2.09. The summed E-state index contributed by atoms with van der Waals surface area (Å²) in [4.78, 5) is 4.42. The number of rotatable bonds is 4. The van der Waals surface area contributed by atoms with E-state index < -0.39 is 0 Å². The van der Waals surface area contributed by atoms with E-state index in [0.29, 0.717) is 12.5 Å². The molecule has 4 nitrogen and oxygen atoms in total. The average Bonchev–Trinajstić information content (AvgIpc) is 2.79. The number of aryl methyl sites for hydroxylation is 1. The molecule has 18 heavy (non-hydrogen) atoms. The van der Waals surface area contributed by atoms with Gasteiger partial charge in [0.15, 0.2) is 5.82 Å². The predicted octanol–water partition coefficient (Wildman–Crippen LogP) is 2.45. The third kappa shape index (κ3) is 2.43. The number of aromatic nitrogens is 3. The van der Waals surface area contributed by atoms with Crippen LogP contribution in [0.3, 0.4) is 0 Å². The lowest BCUT2D eigenvalue weighted by Crippen LogP contribution is -2.05. The second-order valence-corrected chi connectivity index (χ2v) is 4.61. The van der Waals surface area contributed by atoms with Gasteiger partial charge in [0.25, 0.3) is 0 Å². The first-order valence-corrected chi connectivity index (χ1v) is 6.36. The van der Waals surface area contributed by atoms with E-state index in [1.807, 2.05) is 7.05 Å².